The van der Waals surface area contributed by atoms with Crippen molar-refractivity contribution >= 4 is 5.97 Å². The zero-order valence-electron chi connectivity index (χ0n) is 6.70. The highest BCUT2D eigenvalue weighted by Crippen LogP contribution is 1.94. The third-order valence-corrected chi connectivity index (χ3v) is 0.834. The van der Waals surface area contributed by atoms with Crippen LogP contribution in [0, 0.1) is 0 Å². The van der Waals surface area contributed by atoms with E-state index in [1.165, 1.54) is 0 Å². The van der Waals surface area contributed by atoms with Crippen LogP contribution in [-0.2, 0) is 19.3 Å². The van der Waals surface area contributed by atoms with E-state index >= 15 is 0 Å². The normalized spacial score (nSPS) is 12.2. The van der Waals surface area contributed by atoms with Crippen LogP contribution in [0.1, 0.15) is 13.8 Å². The molecule has 64 valence electrons. The lowest BCUT2D eigenvalue weighted by molar-refractivity contribution is -0.343. The average molecular weight is 160 g/mol. The standard InChI is InChI=1S/C7H12O4/c1-4-7(8)11-10-6(3)9-5-2/h4,6H,1,5H2,2-3H3. The molecular weight excluding hydrogens is 148 g/mol. The van der Waals surface area contributed by atoms with Crippen LogP contribution in [-0.4, -0.2) is 18.9 Å². The largest absolute Gasteiger partial charge is 0.365 e. The summed E-state index contributed by atoms with van der Waals surface area (Å²) in [6.07, 6.45) is 0.475. The van der Waals surface area contributed by atoms with Gasteiger partial charge in [0.15, 0.2) is 6.29 Å². The summed E-state index contributed by atoms with van der Waals surface area (Å²) in [4.78, 5) is 19.1. The van der Waals surface area contributed by atoms with Crippen molar-refractivity contribution in [1.82, 2.24) is 0 Å². The lowest BCUT2D eigenvalue weighted by Gasteiger charge is -2.08. The summed E-state index contributed by atoms with van der Waals surface area (Å²) >= 11 is 0. The summed E-state index contributed by atoms with van der Waals surface area (Å²) in [6.45, 7) is 7.14. The summed E-state index contributed by atoms with van der Waals surface area (Å²) in [6, 6.07) is 0. The van der Waals surface area contributed by atoms with Crippen molar-refractivity contribution in [3.63, 3.8) is 0 Å². The second kappa shape index (κ2) is 5.88. The van der Waals surface area contributed by atoms with Gasteiger partial charge in [-0.25, -0.2) is 4.79 Å². The van der Waals surface area contributed by atoms with E-state index in [2.05, 4.69) is 16.4 Å². The Kier molecular flexibility index (Phi) is 5.42. The first-order chi connectivity index (χ1) is 5.20. The number of hydrogen-bond donors (Lipinski definition) is 0. The molecule has 1 atom stereocenters. The van der Waals surface area contributed by atoms with E-state index < -0.39 is 12.3 Å². The Morgan fingerprint density at radius 3 is 2.82 bits per heavy atom. The van der Waals surface area contributed by atoms with E-state index in [1.54, 1.807) is 6.92 Å². The van der Waals surface area contributed by atoms with Gasteiger partial charge in [0, 0.05) is 12.7 Å². The minimum Gasteiger partial charge on any atom is -0.349 e. The number of rotatable bonds is 5. The molecule has 0 aromatic heterocycles. The lowest BCUT2D eigenvalue weighted by Crippen LogP contribution is -2.15. The highest BCUT2D eigenvalue weighted by atomic mass is 17.2. The summed E-state index contributed by atoms with van der Waals surface area (Å²) in [7, 11) is 0. The molecule has 11 heavy (non-hydrogen) atoms. The number of carbonyl (C=O) groups is 1. The molecule has 0 rings (SSSR count). The Morgan fingerprint density at radius 2 is 2.36 bits per heavy atom. The Hall–Kier alpha value is -0.870. The first-order valence-electron chi connectivity index (χ1n) is 3.32. The molecular formula is C7H12O4. The van der Waals surface area contributed by atoms with Gasteiger partial charge in [-0.15, -0.1) is 0 Å². The fraction of sp³-hybridized carbons (Fsp3) is 0.571. The van der Waals surface area contributed by atoms with Gasteiger partial charge in [0.2, 0.25) is 0 Å². The van der Waals surface area contributed by atoms with Crippen molar-refractivity contribution in [2.45, 2.75) is 20.1 Å². The average Bonchev–Trinajstić information content (AvgIpc) is 2.01. The summed E-state index contributed by atoms with van der Waals surface area (Å²) in [5, 5.41) is 0. The van der Waals surface area contributed by atoms with Crippen molar-refractivity contribution in [1.29, 1.82) is 0 Å². The van der Waals surface area contributed by atoms with Gasteiger partial charge in [-0.1, -0.05) is 6.58 Å². The van der Waals surface area contributed by atoms with Crippen molar-refractivity contribution in [3.05, 3.63) is 12.7 Å². The fourth-order valence-corrected chi connectivity index (χ4v) is 0.412. The first-order valence-corrected chi connectivity index (χ1v) is 3.32. The Balaban J connectivity index is 3.37. The molecule has 4 heteroatoms. The summed E-state index contributed by atoms with van der Waals surface area (Å²) in [5.41, 5.74) is 0. The highest BCUT2D eigenvalue weighted by Gasteiger charge is 2.03. The molecule has 0 aliphatic rings. The van der Waals surface area contributed by atoms with Crippen LogP contribution in [0.5, 0.6) is 0 Å². The van der Waals surface area contributed by atoms with E-state index in [9.17, 15) is 4.79 Å². The molecule has 0 bridgehead atoms. The molecule has 0 aromatic carbocycles. The zero-order valence-corrected chi connectivity index (χ0v) is 6.70. The van der Waals surface area contributed by atoms with E-state index in [4.69, 9.17) is 4.74 Å². The van der Waals surface area contributed by atoms with Gasteiger partial charge in [0.05, 0.1) is 0 Å². The van der Waals surface area contributed by atoms with E-state index in [0.29, 0.717) is 6.61 Å². The van der Waals surface area contributed by atoms with Gasteiger partial charge in [0.1, 0.15) is 0 Å². The third-order valence-electron chi connectivity index (χ3n) is 0.834. The molecule has 0 aliphatic heterocycles. The topological polar surface area (TPSA) is 44.8 Å². The van der Waals surface area contributed by atoms with Crippen LogP contribution >= 0.6 is 0 Å². The molecule has 0 saturated carbocycles. The maximum Gasteiger partial charge on any atom is 0.365 e. The van der Waals surface area contributed by atoms with E-state index in [0.717, 1.165) is 6.08 Å². The monoisotopic (exact) mass is 160 g/mol. The summed E-state index contributed by atoms with van der Waals surface area (Å²) in [5.74, 6) is -0.628. The minimum atomic E-state index is -0.628. The van der Waals surface area contributed by atoms with E-state index in [1.807, 2.05) is 6.92 Å². The SMILES string of the molecule is C=CC(=O)OOC(C)OCC. The predicted molar refractivity (Wildman–Crippen MR) is 38.5 cm³/mol. The molecule has 0 heterocycles. The number of hydrogen-bond acceptors (Lipinski definition) is 4. The highest BCUT2D eigenvalue weighted by molar-refractivity contribution is 5.80. The van der Waals surface area contributed by atoms with Crippen LogP contribution in [0.15, 0.2) is 12.7 Å². The second-order valence-electron chi connectivity index (χ2n) is 1.73. The van der Waals surface area contributed by atoms with Gasteiger partial charge in [-0.05, 0) is 13.8 Å². The fourth-order valence-electron chi connectivity index (χ4n) is 0.412. The molecule has 0 spiro atoms. The van der Waals surface area contributed by atoms with Gasteiger partial charge in [-0.3, -0.25) is 4.89 Å². The van der Waals surface area contributed by atoms with Crippen LogP contribution in [0.25, 0.3) is 0 Å². The van der Waals surface area contributed by atoms with Gasteiger partial charge in [0.25, 0.3) is 0 Å². The first kappa shape index (κ1) is 10.1. The Morgan fingerprint density at radius 1 is 1.73 bits per heavy atom. The molecule has 0 saturated heterocycles. The molecule has 4 nitrogen and oxygen atoms in total. The lowest BCUT2D eigenvalue weighted by atomic mass is 10.7. The number of ether oxygens (including phenoxy) is 1. The minimum absolute atomic E-state index is 0.507. The van der Waals surface area contributed by atoms with Gasteiger partial charge < -0.3 is 4.74 Å². The quantitative estimate of drug-likeness (QED) is 0.261. The Bertz CT molecular complexity index is 132. The molecule has 0 aromatic rings. The Labute approximate surface area is 65.7 Å². The predicted octanol–water partition coefficient (Wildman–Crippen LogP) is 1.03. The molecule has 0 amide bonds. The van der Waals surface area contributed by atoms with Crippen molar-refractivity contribution in [3.8, 4) is 0 Å². The molecule has 0 fully saturated rings. The van der Waals surface area contributed by atoms with Gasteiger partial charge in [-0.2, -0.15) is 4.89 Å². The van der Waals surface area contributed by atoms with Crippen molar-refractivity contribution < 1.29 is 19.3 Å². The number of carbonyl (C=O) groups excluding carboxylic acids is 1. The van der Waals surface area contributed by atoms with Crippen LogP contribution < -0.4 is 0 Å². The van der Waals surface area contributed by atoms with Crippen LogP contribution in [0.2, 0.25) is 0 Å². The van der Waals surface area contributed by atoms with Gasteiger partial charge >= 0.3 is 5.97 Å². The maximum absolute atomic E-state index is 10.4. The molecule has 0 radical (unpaired) electrons. The zero-order chi connectivity index (χ0) is 8.69. The van der Waals surface area contributed by atoms with Crippen LogP contribution in [0.3, 0.4) is 0 Å². The molecule has 0 N–H and O–H groups in total. The van der Waals surface area contributed by atoms with Crippen LogP contribution in [0.4, 0.5) is 0 Å². The molecule has 1 unspecified atom stereocenters. The van der Waals surface area contributed by atoms with Crippen molar-refractivity contribution in [2.75, 3.05) is 6.61 Å². The summed E-state index contributed by atoms with van der Waals surface area (Å²) < 4.78 is 4.90. The smallest absolute Gasteiger partial charge is 0.349 e. The molecule has 0 aliphatic carbocycles. The maximum atomic E-state index is 10.4. The second-order valence-corrected chi connectivity index (χ2v) is 1.73. The third kappa shape index (κ3) is 5.57. The van der Waals surface area contributed by atoms with Crippen molar-refractivity contribution in [2.24, 2.45) is 0 Å². The van der Waals surface area contributed by atoms with E-state index in [-0.39, 0.29) is 0 Å².